The van der Waals surface area contributed by atoms with Crippen molar-refractivity contribution >= 4 is 34.7 Å². The fourth-order valence-electron chi connectivity index (χ4n) is 7.16. The Bertz CT molecular complexity index is 2860. The number of fused-ring (bicyclic) bond motifs is 2. The highest BCUT2D eigenvalue weighted by Crippen LogP contribution is 2.33. The monoisotopic (exact) mass is 855 g/mol. The van der Waals surface area contributed by atoms with Gasteiger partial charge in [0.15, 0.2) is 34.5 Å². The molecule has 324 valence electrons. The number of carboxylic acids is 1. The van der Waals surface area contributed by atoms with E-state index in [9.17, 15) is 14.7 Å². The van der Waals surface area contributed by atoms with Crippen LogP contribution in [0, 0.1) is 25.7 Å². The summed E-state index contributed by atoms with van der Waals surface area (Å²) in [5, 5.41) is 9.30. The first-order valence-corrected chi connectivity index (χ1v) is 20.2. The van der Waals surface area contributed by atoms with Crippen LogP contribution < -0.4 is 17.2 Å². The van der Waals surface area contributed by atoms with E-state index in [1.807, 2.05) is 41.0 Å². The number of nitrogens with two attached hydrogens (primary N) is 3. The third kappa shape index (κ3) is 9.27. The molecule has 7 N–H and O–H groups in total. The van der Waals surface area contributed by atoms with E-state index in [-0.39, 0.29) is 40.4 Å². The van der Waals surface area contributed by atoms with Crippen molar-refractivity contribution in [1.82, 2.24) is 48.7 Å². The molecule has 0 aliphatic carbocycles. The second kappa shape index (κ2) is 18.7. The normalized spacial score (nSPS) is 15.9. The highest BCUT2D eigenvalue weighted by atomic mass is 16.5. The van der Waals surface area contributed by atoms with Gasteiger partial charge in [-0.2, -0.15) is 0 Å². The molecule has 0 bridgehead atoms. The maximum absolute atomic E-state index is 13.0. The van der Waals surface area contributed by atoms with Crippen LogP contribution in [0.25, 0.3) is 57.0 Å². The van der Waals surface area contributed by atoms with Crippen molar-refractivity contribution in [2.45, 2.75) is 39.5 Å². The zero-order chi connectivity index (χ0) is 44.0. The summed E-state index contributed by atoms with van der Waals surface area (Å²) in [7, 11) is 0. The highest BCUT2D eigenvalue weighted by Gasteiger charge is 2.25. The molecule has 20 nitrogen and oxygen atoms in total. The lowest BCUT2D eigenvalue weighted by molar-refractivity contribution is 0.0691. The summed E-state index contributed by atoms with van der Waals surface area (Å²) in [4.78, 5) is 58.7. The van der Waals surface area contributed by atoms with Gasteiger partial charge in [-0.05, 0) is 75.8 Å². The number of rotatable bonds is 10. The second-order valence-electron chi connectivity index (χ2n) is 15.0. The molecule has 8 aromatic heterocycles. The number of ketones is 1. The van der Waals surface area contributed by atoms with Crippen LogP contribution in [-0.2, 0) is 9.47 Å². The lowest BCUT2D eigenvalue weighted by atomic mass is 9.99. The van der Waals surface area contributed by atoms with Crippen LogP contribution in [0.5, 0.6) is 0 Å². The van der Waals surface area contributed by atoms with Crippen LogP contribution >= 0.6 is 0 Å². The Balaban J connectivity index is 0.000000152. The fraction of sp³-hybridized carbons (Fsp3) is 0.302. The van der Waals surface area contributed by atoms with Crippen LogP contribution in [0.15, 0.2) is 82.8 Å². The van der Waals surface area contributed by atoms with Gasteiger partial charge in [0, 0.05) is 73.5 Å². The number of aromatic carboxylic acids is 1. The van der Waals surface area contributed by atoms with Gasteiger partial charge in [0.05, 0.1) is 19.0 Å². The number of oxazole rings is 2. The Labute approximate surface area is 359 Å². The van der Waals surface area contributed by atoms with E-state index in [1.54, 1.807) is 30.7 Å². The van der Waals surface area contributed by atoms with Crippen molar-refractivity contribution in [3.05, 3.63) is 96.7 Å². The van der Waals surface area contributed by atoms with Crippen molar-refractivity contribution in [3.63, 3.8) is 0 Å². The van der Waals surface area contributed by atoms with Gasteiger partial charge in [-0.1, -0.05) is 0 Å². The number of imidazole rings is 2. The fourth-order valence-corrected chi connectivity index (χ4v) is 7.16. The molecule has 0 spiro atoms. The van der Waals surface area contributed by atoms with Crippen LogP contribution in [0.1, 0.15) is 58.0 Å². The summed E-state index contributed by atoms with van der Waals surface area (Å²) in [6.45, 7) is 7.93. The zero-order valence-corrected chi connectivity index (χ0v) is 34.5. The van der Waals surface area contributed by atoms with E-state index in [4.69, 9.17) is 35.5 Å². The third-order valence-electron chi connectivity index (χ3n) is 10.7. The lowest BCUT2D eigenvalue weighted by Gasteiger charge is -2.12. The summed E-state index contributed by atoms with van der Waals surface area (Å²) in [5.74, 6) is 0.0269. The summed E-state index contributed by atoms with van der Waals surface area (Å²) in [6.07, 6.45) is 16.3. The third-order valence-corrected chi connectivity index (χ3v) is 10.7. The van der Waals surface area contributed by atoms with Gasteiger partial charge >= 0.3 is 5.97 Å². The first-order chi connectivity index (χ1) is 30.6. The molecular weight excluding hydrogens is 811 g/mol. The molecule has 10 rings (SSSR count). The van der Waals surface area contributed by atoms with E-state index >= 15 is 0 Å². The molecule has 2 aliphatic rings. The Kier molecular flexibility index (Phi) is 12.5. The van der Waals surface area contributed by atoms with E-state index in [2.05, 4.69) is 39.9 Å². The maximum Gasteiger partial charge on any atom is 0.358 e. The zero-order valence-electron chi connectivity index (χ0n) is 34.5. The molecular formula is C43H45N13O7. The molecule has 2 aliphatic heterocycles. The molecule has 0 unspecified atom stereocenters. The number of carbonyl (C=O) groups is 2. The quantitative estimate of drug-likeness (QED) is 0.126. The predicted octanol–water partition coefficient (Wildman–Crippen LogP) is 5.35. The maximum atomic E-state index is 13.0. The molecule has 8 aromatic rings. The van der Waals surface area contributed by atoms with Crippen molar-refractivity contribution in [2.75, 3.05) is 44.4 Å². The average Bonchev–Trinajstić information content (AvgIpc) is 4.16. The summed E-state index contributed by atoms with van der Waals surface area (Å²) >= 11 is 0. The van der Waals surface area contributed by atoms with Gasteiger partial charge in [0.1, 0.15) is 40.9 Å². The molecule has 0 saturated carbocycles. The van der Waals surface area contributed by atoms with Gasteiger partial charge < -0.3 is 49.4 Å². The topological polar surface area (TPSA) is 289 Å². The standard InChI is InChI=1S/C22H22N6O3.C16H12N6O3.C5H11NO/c1-13-10-25-17-5-3-15(11-28(13)17)18-20(22-24-7-9-31-22)27-21(23)19(26-18)16(29)4-2-14-6-8-30-12-14;1-8-6-19-10-3-2-9(7-22(8)10)11-12(15-18-4-5-25-15)21-14(17)13(20-11)16(23)24;6-3-5-1-2-7-4-5/h3,5,7,9-11,14H,2,4,6,8,12H2,1H3,(H2,23,27);2-7H,1H3,(H2,17,21)(H,23,24);5H,1-4,6H2/t14-;;5-/m0.1/s1. The molecule has 2 saturated heterocycles. The van der Waals surface area contributed by atoms with Crippen molar-refractivity contribution in [3.8, 4) is 45.7 Å². The molecule has 20 heteroatoms. The van der Waals surface area contributed by atoms with Gasteiger partial charge in [0.25, 0.3) is 0 Å². The van der Waals surface area contributed by atoms with E-state index in [0.717, 1.165) is 73.9 Å². The Morgan fingerprint density at radius 1 is 0.698 bits per heavy atom. The smallest absolute Gasteiger partial charge is 0.358 e. The van der Waals surface area contributed by atoms with Crippen molar-refractivity contribution < 1.29 is 33.0 Å². The van der Waals surface area contributed by atoms with Crippen molar-refractivity contribution in [1.29, 1.82) is 0 Å². The molecule has 0 radical (unpaired) electrons. The van der Waals surface area contributed by atoms with Gasteiger partial charge in [-0.15, -0.1) is 0 Å². The first kappa shape index (κ1) is 42.3. The number of carboxylic acid groups (broad SMARTS) is 1. The Hall–Kier alpha value is -7.42. The molecule has 2 fully saturated rings. The number of hydrogen-bond donors (Lipinski definition) is 4. The van der Waals surface area contributed by atoms with Crippen LogP contribution in [0.3, 0.4) is 0 Å². The number of carbonyl (C=O) groups excluding carboxylic acids is 1. The Morgan fingerprint density at radius 3 is 1.65 bits per heavy atom. The van der Waals surface area contributed by atoms with Gasteiger partial charge in [-0.3, -0.25) is 4.79 Å². The first-order valence-electron chi connectivity index (χ1n) is 20.2. The number of nitrogens with zero attached hydrogens (tertiary/aromatic N) is 10. The van der Waals surface area contributed by atoms with E-state index in [0.29, 0.717) is 53.4 Å². The largest absolute Gasteiger partial charge is 0.476 e. The SMILES string of the molecule is Cc1cnc2ccc(-c3nc(C(=O)CC[C@H]4CCOC4)c(N)nc3-c3ncco3)cn12.Cc1cnc2ccc(-c3nc(C(=O)O)c(N)nc3-c3ncco3)cn12.NC[C@H]1CCOC1. The molecule has 0 aromatic carbocycles. The number of aromatic nitrogens is 10. The van der Waals surface area contributed by atoms with Crippen LogP contribution in [0.4, 0.5) is 11.6 Å². The lowest BCUT2D eigenvalue weighted by Crippen LogP contribution is -2.13. The number of aryl methyl sites for hydroxylation is 2. The number of ether oxygens (including phenoxy) is 2. The molecule has 10 heterocycles. The Morgan fingerprint density at radius 2 is 1.21 bits per heavy atom. The van der Waals surface area contributed by atoms with Gasteiger partial charge in [0.2, 0.25) is 11.8 Å². The second-order valence-corrected chi connectivity index (χ2v) is 15.0. The average molecular weight is 856 g/mol. The molecule has 0 amide bonds. The molecule has 2 atom stereocenters. The highest BCUT2D eigenvalue weighted by molar-refractivity contribution is 5.99. The van der Waals surface area contributed by atoms with Crippen LogP contribution in [-0.4, -0.2) is 98.5 Å². The number of pyridine rings is 2. The minimum atomic E-state index is -1.26. The number of Topliss-reactive ketones (excluding diaryl/α,β-unsaturated/α-hetero) is 1. The summed E-state index contributed by atoms with van der Waals surface area (Å²) in [6, 6.07) is 7.36. The van der Waals surface area contributed by atoms with E-state index < -0.39 is 5.97 Å². The number of hydrogen-bond acceptors (Lipinski definition) is 17. The minimum absolute atomic E-state index is 0.0736. The summed E-state index contributed by atoms with van der Waals surface area (Å²) in [5.41, 5.74) is 23.4. The number of anilines is 2. The van der Waals surface area contributed by atoms with Gasteiger partial charge in [-0.25, -0.2) is 44.7 Å². The summed E-state index contributed by atoms with van der Waals surface area (Å²) < 4.78 is 25.0. The van der Waals surface area contributed by atoms with E-state index in [1.165, 1.54) is 24.9 Å². The van der Waals surface area contributed by atoms with Crippen LogP contribution in [0.2, 0.25) is 0 Å². The van der Waals surface area contributed by atoms with Crippen molar-refractivity contribution in [2.24, 2.45) is 17.6 Å². The minimum Gasteiger partial charge on any atom is -0.476 e. The predicted molar refractivity (Wildman–Crippen MR) is 229 cm³/mol. The number of nitrogen functional groups attached to an aromatic ring is 2. The molecule has 63 heavy (non-hydrogen) atoms.